The molecule has 1 amide bonds. The number of H-pyrrole nitrogens is 1. The van der Waals surface area contributed by atoms with Gasteiger partial charge >= 0.3 is 0 Å². The molecule has 0 unspecified atom stereocenters. The molecule has 1 aromatic heterocycles. The van der Waals surface area contributed by atoms with Crippen LogP contribution in [0.4, 0.5) is 0 Å². The van der Waals surface area contributed by atoms with Gasteiger partial charge in [-0.25, -0.2) is 10.4 Å². The van der Waals surface area contributed by atoms with E-state index >= 15 is 0 Å². The molecule has 0 aromatic carbocycles. The van der Waals surface area contributed by atoms with Crippen LogP contribution in [0.3, 0.4) is 0 Å². The molecule has 0 atom stereocenters. The Bertz CT molecular complexity index is 503. The molecular weight excluding hydrogens is 212 g/mol. The van der Waals surface area contributed by atoms with Gasteiger partial charge in [0.15, 0.2) is 5.78 Å². The van der Waals surface area contributed by atoms with E-state index in [0.717, 1.165) is 12.4 Å². The first-order valence-corrected chi connectivity index (χ1v) is 4.41. The van der Waals surface area contributed by atoms with E-state index in [1.165, 1.54) is 13.8 Å². The molecule has 1 aromatic rings. The fourth-order valence-electron chi connectivity index (χ4n) is 0.763. The summed E-state index contributed by atoms with van der Waals surface area (Å²) in [7, 11) is 0. The van der Waals surface area contributed by atoms with E-state index in [1.807, 2.05) is 0 Å². The molecule has 1 heterocycles. The maximum Gasteiger partial charge on any atom is 0.290 e. The summed E-state index contributed by atoms with van der Waals surface area (Å²) >= 11 is 0. The largest absolute Gasteiger partial charge is 0.313 e. The maximum absolute atomic E-state index is 11.4. The Morgan fingerprint density at radius 2 is 2.12 bits per heavy atom. The first kappa shape index (κ1) is 11.8. The van der Waals surface area contributed by atoms with Gasteiger partial charge in [-0.2, -0.15) is 5.10 Å². The van der Waals surface area contributed by atoms with Crippen molar-refractivity contribution >= 4 is 17.4 Å². The first-order valence-electron chi connectivity index (χ1n) is 4.41. The van der Waals surface area contributed by atoms with Crippen molar-refractivity contribution in [1.29, 1.82) is 0 Å². The Morgan fingerprint density at radius 3 is 2.69 bits per heavy atom. The highest BCUT2D eigenvalue weighted by Crippen LogP contribution is 1.87. The number of carbonyl (C=O) groups is 2. The summed E-state index contributed by atoms with van der Waals surface area (Å²) in [5, 5.41) is 3.54. The quantitative estimate of drug-likeness (QED) is 0.529. The van der Waals surface area contributed by atoms with Crippen LogP contribution in [0.2, 0.25) is 0 Å². The van der Waals surface area contributed by atoms with Crippen LogP contribution >= 0.6 is 0 Å². The highest BCUT2D eigenvalue weighted by Gasteiger charge is 2.07. The molecule has 0 aliphatic carbocycles. The molecule has 0 fully saturated rings. The molecule has 0 saturated heterocycles. The molecule has 0 bridgehead atoms. The van der Waals surface area contributed by atoms with Crippen molar-refractivity contribution in [3.8, 4) is 0 Å². The number of amides is 1. The van der Waals surface area contributed by atoms with Gasteiger partial charge in [-0.1, -0.05) is 0 Å². The van der Waals surface area contributed by atoms with E-state index in [9.17, 15) is 14.4 Å². The summed E-state index contributed by atoms with van der Waals surface area (Å²) < 4.78 is 0. The smallest absolute Gasteiger partial charge is 0.290 e. The number of aromatic nitrogens is 2. The number of nitrogens with zero attached hydrogens (tertiary/aromatic N) is 2. The van der Waals surface area contributed by atoms with E-state index in [2.05, 4.69) is 20.5 Å². The molecule has 0 spiro atoms. The highest BCUT2D eigenvalue weighted by molar-refractivity contribution is 6.38. The fourth-order valence-corrected chi connectivity index (χ4v) is 0.763. The number of nitrogens with one attached hydrogen (secondary N) is 2. The number of hydrogen-bond donors (Lipinski definition) is 2. The zero-order chi connectivity index (χ0) is 12.1. The zero-order valence-electron chi connectivity index (χ0n) is 8.77. The molecule has 0 aliphatic heterocycles. The number of Topliss-reactive ketones (excluding diaryl/α,β-unsaturated/α-hetero) is 1. The number of hydrogen-bond acceptors (Lipinski definition) is 5. The van der Waals surface area contributed by atoms with Crippen molar-refractivity contribution in [2.45, 2.75) is 13.8 Å². The summed E-state index contributed by atoms with van der Waals surface area (Å²) in [4.78, 5) is 39.0. The number of carbonyl (C=O) groups excluding carboxylic acids is 2. The van der Waals surface area contributed by atoms with Crippen LogP contribution in [-0.4, -0.2) is 27.4 Å². The Kier molecular flexibility index (Phi) is 3.65. The highest BCUT2D eigenvalue weighted by atomic mass is 16.2. The second-order valence-electron chi connectivity index (χ2n) is 2.99. The number of rotatable bonds is 3. The van der Waals surface area contributed by atoms with Crippen LogP contribution in [0.25, 0.3) is 0 Å². The first-order chi connectivity index (χ1) is 7.50. The normalized spacial score (nSPS) is 11.0. The van der Waals surface area contributed by atoms with Gasteiger partial charge in [-0.15, -0.1) is 0 Å². The minimum Gasteiger partial charge on any atom is -0.313 e. The van der Waals surface area contributed by atoms with Gasteiger partial charge in [-0.3, -0.25) is 14.4 Å². The lowest BCUT2D eigenvalue weighted by Crippen LogP contribution is -2.23. The van der Waals surface area contributed by atoms with Gasteiger partial charge in [0.25, 0.3) is 11.5 Å². The minimum atomic E-state index is -0.647. The van der Waals surface area contributed by atoms with Crippen LogP contribution in [0, 0.1) is 0 Å². The molecule has 0 aliphatic rings. The molecule has 2 N–H and O–H groups in total. The SMILES string of the molecule is CC(=O)C(C)=NNC(=O)c1cc(=O)[nH]cn1. The van der Waals surface area contributed by atoms with Crippen LogP contribution < -0.4 is 11.0 Å². The third kappa shape index (κ3) is 3.12. The van der Waals surface area contributed by atoms with Crippen molar-refractivity contribution in [3.63, 3.8) is 0 Å². The summed E-state index contributed by atoms with van der Waals surface area (Å²) in [5.74, 6) is -0.897. The van der Waals surface area contributed by atoms with Crippen molar-refractivity contribution in [1.82, 2.24) is 15.4 Å². The summed E-state index contributed by atoms with van der Waals surface area (Å²) in [6.07, 6.45) is 1.11. The van der Waals surface area contributed by atoms with E-state index in [4.69, 9.17) is 0 Å². The van der Waals surface area contributed by atoms with E-state index in [-0.39, 0.29) is 17.2 Å². The standard InChI is InChI=1S/C9H10N4O3/c1-5(6(2)14)12-13-9(16)7-3-8(15)11-4-10-7/h3-4H,1-2H3,(H,13,16)(H,10,11,15). The minimum absolute atomic E-state index is 0.0659. The summed E-state index contributed by atoms with van der Waals surface area (Å²) in [6, 6.07) is 1.04. The van der Waals surface area contributed by atoms with Crippen LogP contribution in [0.15, 0.2) is 22.3 Å². The van der Waals surface area contributed by atoms with Crippen molar-refractivity contribution in [2.75, 3.05) is 0 Å². The monoisotopic (exact) mass is 222 g/mol. The van der Waals surface area contributed by atoms with Gasteiger partial charge in [0.2, 0.25) is 0 Å². The van der Waals surface area contributed by atoms with Crippen LogP contribution in [0.1, 0.15) is 24.3 Å². The van der Waals surface area contributed by atoms with Gasteiger partial charge in [0.05, 0.1) is 6.33 Å². The lowest BCUT2D eigenvalue weighted by atomic mass is 10.3. The van der Waals surface area contributed by atoms with E-state index in [1.54, 1.807) is 0 Å². The predicted molar refractivity (Wildman–Crippen MR) is 56.1 cm³/mol. The van der Waals surface area contributed by atoms with E-state index < -0.39 is 11.5 Å². The Hall–Kier alpha value is -2.31. The van der Waals surface area contributed by atoms with Gasteiger partial charge < -0.3 is 4.98 Å². The van der Waals surface area contributed by atoms with Crippen molar-refractivity contribution in [2.24, 2.45) is 5.10 Å². The van der Waals surface area contributed by atoms with Crippen molar-refractivity contribution in [3.05, 3.63) is 28.4 Å². The molecule has 0 saturated carbocycles. The van der Waals surface area contributed by atoms with Gasteiger partial charge in [0, 0.05) is 13.0 Å². The molecule has 0 radical (unpaired) electrons. The number of hydrazone groups is 1. The second-order valence-corrected chi connectivity index (χ2v) is 2.99. The van der Waals surface area contributed by atoms with Gasteiger partial charge in [-0.05, 0) is 6.92 Å². The average molecular weight is 222 g/mol. The Balaban J connectivity index is 2.78. The maximum atomic E-state index is 11.4. The number of ketones is 1. The third-order valence-electron chi connectivity index (χ3n) is 1.75. The van der Waals surface area contributed by atoms with Crippen LogP contribution in [0.5, 0.6) is 0 Å². The zero-order valence-corrected chi connectivity index (χ0v) is 8.77. The molecule has 7 nitrogen and oxygen atoms in total. The molecular formula is C9H10N4O3. The predicted octanol–water partition coefficient (Wildman–Crippen LogP) is -0.535. The fraction of sp³-hybridized carbons (Fsp3) is 0.222. The second kappa shape index (κ2) is 4.96. The molecule has 1 rings (SSSR count). The Morgan fingerprint density at radius 1 is 1.44 bits per heavy atom. The lowest BCUT2D eigenvalue weighted by molar-refractivity contribution is -0.111. The average Bonchev–Trinajstić information content (AvgIpc) is 2.25. The van der Waals surface area contributed by atoms with E-state index in [0.29, 0.717) is 0 Å². The third-order valence-corrected chi connectivity index (χ3v) is 1.75. The van der Waals surface area contributed by atoms with Crippen LogP contribution in [-0.2, 0) is 4.79 Å². The summed E-state index contributed by atoms with van der Waals surface area (Å²) in [6.45, 7) is 2.80. The topological polar surface area (TPSA) is 104 Å². The molecule has 7 heteroatoms. The Labute approximate surface area is 90.6 Å². The van der Waals surface area contributed by atoms with Gasteiger partial charge in [0.1, 0.15) is 11.4 Å². The summed E-state index contributed by atoms with van der Waals surface area (Å²) in [5.41, 5.74) is 1.78. The lowest BCUT2D eigenvalue weighted by Gasteiger charge is -1.98. The molecule has 16 heavy (non-hydrogen) atoms. The van der Waals surface area contributed by atoms with Crippen molar-refractivity contribution < 1.29 is 9.59 Å². The molecule has 84 valence electrons. The number of aromatic amines is 1.